The van der Waals surface area contributed by atoms with Gasteiger partial charge in [0.2, 0.25) is 0 Å². The molecule has 0 aromatic carbocycles. The number of carboxylic acids is 1. The first-order valence-corrected chi connectivity index (χ1v) is 7.32. The van der Waals surface area contributed by atoms with Crippen molar-refractivity contribution in [3.05, 3.63) is 0 Å². The summed E-state index contributed by atoms with van der Waals surface area (Å²) in [7, 11) is -3.72. The minimum absolute atomic E-state index is 0.396. The van der Waals surface area contributed by atoms with Gasteiger partial charge in [-0.05, 0) is 33.6 Å². The standard InChI is InChI=1S/C11H17NO5S/c1-10(2)8(13)12(18(10,16)17)7-5-4-6-11(7,3)9(14)15/h7H,4-6H2,1-3H3,(H,14,15). The fourth-order valence-electron chi connectivity index (χ4n) is 2.77. The van der Waals surface area contributed by atoms with Crippen LogP contribution in [-0.4, -0.2) is 40.5 Å². The summed E-state index contributed by atoms with van der Waals surface area (Å²) in [5.41, 5.74) is -1.17. The third kappa shape index (κ3) is 1.31. The molecule has 0 aromatic rings. The van der Waals surface area contributed by atoms with Gasteiger partial charge < -0.3 is 5.11 Å². The number of carboxylic acid groups (broad SMARTS) is 1. The third-order valence-corrected chi connectivity index (χ3v) is 6.70. The van der Waals surface area contributed by atoms with Crippen LogP contribution in [0.25, 0.3) is 0 Å². The van der Waals surface area contributed by atoms with Crippen LogP contribution < -0.4 is 0 Å². The first-order chi connectivity index (χ1) is 8.07. The molecule has 2 aliphatic rings. The monoisotopic (exact) mass is 275 g/mol. The van der Waals surface area contributed by atoms with E-state index in [0.29, 0.717) is 19.3 Å². The summed E-state index contributed by atoms with van der Waals surface area (Å²) in [5, 5.41) is 9.27. The minimum Gasteiger partial charge on any atom is -0.481 e. The molecule has 102 valence electrons. The Labute approximate surface area is 106 Å². The van der Waals surface area contributed by atoms with Gasteiger partial charge >= 0.3 is 5.97 Å². The molecule has 1 saturated carbocycles. The number of carbonyl (C=O) groups is 2. The van der Waals surface area contributed by atoms with E-state index in [4.69, 9.17) is 0 Å². The number of sulfonamides is 1. The maximum Gasteiger partial charge on any atom is 0.311 e. The van der Waals surface area contributed by atoms with E-state index in [-0.39, 0.29) is 0 Å². The van der Waals surface area contributed by atoms with Crippen molar-refractivity contribution in [2.75, 3.05) is 0 Å². The van der Waals surface area contributed by atoms with Crippen molar-refractivity contribution in [3.63, 3.8) is 0 Å². The summed E-state index contributed by atoms with van der Waals surface area (Å²) < 4.78 is 23.6. The number of rotatable bonds is 2. The fraction of sp³-hybridized carbons (Fsp3) is 0.818. The summed E-state index contributed by atoms with van der Waals surface area (Å²) >= 11 is 0. The first kappa shape index (κ1) is 13.3. The van der Waals surface area contributed by atoms with E-state index in [9.17, 15) is 23.1 Å². The van der Waals surface area contributed by atoms with E-state index >= 15 is 0 Å². The molecule has 2 atom stereocenters. The largest absolute Gasteiger partial charge is 0.481 e. The van der Waals surface area contributed by atoms with Crippen LogP contribution in [0.4, 0.5) is 0 Å². The van der Waals surface area contributed by atoms with Gasteiger partial charge in [-0.2, -0.15) is 0 Å². The highest BCUT2D eigenvalue weighted by Crippen LogP contribution is 2.48. The highest BCUT2D eigenvalue weighted by Gasteiger charge is 2.66. The van der Waals surface area contributed by atoms with E-state index in [1.165, 1.54) is 20.8 Å². The van der Waals surface area contributed by atoms with E-state index in [2.05, 4.69) is 0 Å². The maximum atomic E-state index is 12.1. The molecule has 18 heavy (non-hydrogen) atoms. The average molecular weight is 275 g/mol. The Kier molecular flexibility index (Phi) is 2.56. The van der Waals surface area contributed by atoms with Gasteiger partial charge in [0.05, 0.1) is 11.5 Å². The second-order valence-corrected chi connectivity index (χ2v) is 8.11. The molecule has 1 heterocycles. The molecule has 0 aromatic heterocycles. The Bertz CT molecular complexity index is 524. The van der Waals surface area contributed by atoms with Crippen LogP contribution in [0.2, 0.25) is 0 Å². The zero-order valence-corrected chi connectivity index (χ0v) is 11.5. The second kappa shape index (κ2) is 3.46. The Morgan fingerprint density at radius 1 is 1.39 bits per heavy atom. The van der Waals surface area contributed by atoms with Gasteiger partial charge in [-0.3, -0.25) is 9.59 Å². The Balaban J connectivity index is 2.41. The van der Waals surface area contributed by atoms with Crippen molar-refractivity contribution in [2.45, 2.75) is 50.8 Å². The fourth-order valence-corrected chi connectivity index (χ4v) is 4.57. The smallest absolute Gasteiger partial charge is 0.311 e. The molecule has 0 spiro atoms. The molecule has 1 aliphatic heterocycles. The molecule has 1 aliphatic carbocycles. The quantitative estimate of drug-likeness (QED) is 0.796. The number of amides is 1. The van der Waals surface area contributed by atoms with Gasteiger partial charge in [-0.25, -0.2) is 12.7 Å². The van der Waals surface area contributed by atoms with Gasteiger partial charge in [0.1, 0.15) is 0 Å². The molecule has 2 fully saturated rings. The lowest BCUT2D eigenvalue weighted by Gasteiger charge is -2.49. The summed E-state index contributed by atoms with van der Waals surface area (Å²) in [4.78, 5) is 23.3. The van der Waals surface area contributed by atoms with Crippen LogP contribution in [-0.2, 0) is 19.6 Å². The Hall–Kier alpha value is -1.11. The van der Waals surface area contributed by atoms with Gasteiger partial charge in [-0.1, -0.05) is 6.42 Å². The van der Waals surface area contributed by atoms with Crippen molar-refractivity contribution in [1.29, 1.82) is 0 Å². The second-order valence-electron chi connectivity index (χ2n) is 5.75. The summed E-state index contributed by atoms with van der Waals surface area (Å²) in [6.07, 6.45) is 1.43. The molecule has 0 bridgehead atoms. The Morgan fingerprint density at radius 3 is 2.39 bits per heavy atom. The van der Waals surface area contributed by atoms with Crippen LogP contribution in [0.5, 0.6) is 0 Å². The molecule has 0 radical (unpaired) electrons. The summed E-state index contributed by atoms with van der Waals surface area (Å²) in [6, 6.07) is -0.750. The molecular weight excluding hydrogens is 258 g/mol. The zero-order chi connectivity index (χ0) is 13.9. The van der Waals surface area contributed by atoms with Gasteiger partial charge in [-0.15, -0.1) is 0 Å². The summed E-state index contributed by atoms with van der Waals surface area (Å²) in [5.74, 6) is -1.54. The van der Waals surface area contributed by atoms with Crippen molar-refractivity contribution >= 4 is 21.9 Å². The zero-order valence-electron chi connectivity index (χ0n) is 10.6. The Morgan fingerprint density at radius 2 is 1.94 bits per heavy atom. The summed E-state index contributed by atoms with van der Waals surface area (Å²) in [6.45, 7) is 4.23. The van der Waals surface area contributed by atoms with Crippen LogP contribution in [0, 0.1) is 5.41 Å². The number of hydrogen-bond donors (Lipinski definition) is 1. The van der Waals surface area contributed by atoms with E-state index < -0.39 is 38.1 Å². The normalized spacial score (nSPS) is 37.4. The topological polar surface area (TPSA) is 91.8 Å². The lowest BCUT2D eigenvalue weighted by Crippen LogP contribution is -2.71. The number of hydrogen-bond acceptors (Lipinski definition) is 4. The van der Waals surface area contributed by atoms with E-state index in [0.717, 1.165) is 4.31 Å². The van der Waals surface area contributed by atoms with Crippen molar-refractivity contribution in [3.8, 4) is 0 Å². The molecule has 2 rings (SSSR count). The van der Waals surface area contributed by atoms with Crippen molar-refractivity contribution in [2.24, 2.45) is 5.41 Å². The predicted molar refractivity (Wildman–Crippen MR) is 63.2 cm³/mol. The lowest BCUT2D eigenvalue weighted by molar-refractivity contribution is -0.152. The molecule has 1 amide bonds. The van der Waals surface area contributed by atoms with Crippen molar-refractivity contribution < 1.29 is 23.1 Å². The molecule has 7 heteroatoms. The van der Waals surface area contributed by atoms with E-state index in [1.807, 2.05) is 0 Å². The molecular formula is C11H17NO5S. The van der Waals surface area contributed by atoms with Crippen LogP contribution >= 0.6 is 0 Å². The van der Waals surface area contributed by atoms with Gasteiger partial charge in [0, 0.05) is 0 Å². The highest BCUT2D eigenvalue weighted by molar-refractivity contribution is 7.94. The number of carbonyl (C=O) groups excluding carboxylic acids is 1. The van der Waals surface area contributed by atoms with Crippen LogP contribution in [0.1, 0.15) is 40.0 Å². The molecule has 1 N–H and O–H groups in total. The number of nitrogens with zero attached hydrogens (tertiary/aromatic N) is 1. The number of aliphatic carboxylic acids is 1. The molecule has 2 unspecified atom stereocenters. The van der Waals surface area contributed by atoms with E-state index in [1.54, 1.807) is 0 Å². The highest BCUT2D eigenvalue weighted by atomic mass is 32.2. The van der Waals surface area contributed by atoms with Crippen LogP contribution in [0.3, 0.4) is 0 Å². The molecule has 1 saturated heterocycles. The van der Waals surface area contributed by atoms with Gasteiger partial charge in [0.15, 0.2) is 4.75 Å². The van der Waals surface area contributed by atoms with Crippen LogP contribution in [0.15, 0.2) is 0 Å². The first-order valence-electron chi connectivity index (χ1n) is 5.88. The minimum atomic E-state index is -3.72. The lowest BCUT2D eigenvalue weighted by atomic mass is 9.84. The predicted octanol–water partition coefficient (Wildman–Crippen LogP) is 0.580. The van der Waals surface area contributed by atoms with Gasteiger partial charge in [0.25, 0.3) is 15.9 Å². The maximum absolute atomic E-state index is 12.1. The SMILES string of the molecule is CC1(C(=O)O)CCCC1N1C(=O)C(C)(C)S1(=O)=O. The molecule has 6 nitrogen and oxygen atoms in total. The third-order valence-electron chi connectivity index (χ3n) is 4.30. The van der Waals surface area contributed by atoms with Crippen molar-refractivity contribution in [1.82, 2.24) is 4.31 Å². The average Bonchev–Trinajstić information content (AvgIpc) is 2.61.